The minimum Gasteiger partial charge on any atom is -0.363 e. The van der Waals surface area contributed by atoms with Crippen LogP contribution in [0.4, 0.5) is 0 Å². The van der Waals surface area contributed by atoms with Crippen LogP contribution in [0.2, 0.25) is 0 Å². The summed E-state index contributed by atoms with van der Waals surface area (Å²) in [5.74, 6) is 1.91. The lowest BCUT2D eigenvalue weighted by Crippen LogP contribution is -2.38. The molecule has 0 amide bonds. The number of benzene rings is 3. The first-order chi connectivity index (χ1) is 24.9. The molecule has 3 aliphatic heterocycles. The molecule has 3 atom stereocenters. The van der Waals surface area contributed by atoms with E-state index in [1.54, 1.807) is 0 Å². The Bertz CT molecular complexity index is 1440. The smallest absolute Gasteiger partial charge is 0.168 e. The Labute approximate surface area is 324 Å². The van der Waals surface area contributed by atoms with Gasteiger partial charge in [0.15, 0.2) is 15.3 Å². The predicted molar refractivity (Wildman–Crippen MR) is 229 cm³/mol. The number of nitrogens with zero attached hydrogens (tertiary/aromatic N) is 3. The second-order valence-electron chi connectivity index (χ2n) is 13.7. The topological polar surface area (TPSA) is 45.8 Å². The second kappa shape index (κ2) is 22.6. The second-order valence-corrected chi connectivity index (χ2v) is 14.8. The minimum atomic E-state index is 0.636. The first kappa shape index (κ1) is 40.5. The van der Waals surface area contributed by atoms with Gasteiger partial charge in [0.2, 0.25) is 0 Å². The van der Waals surface area contributed by atoms with Crippen molar-refractivity contribution < 1.29 is 0 Å². The van der Waals surface area contributed by atoms with E-state index in [0.717, 1.165) is 80.7 Å². The van der Waals surface area contributed by atoms with Gasteiger partial charge in [-0.25, -0.2) is 0 Å². The molecule has 276 valence electrons. The largest absolute Gasteiger partial charge is 0.363 e. The van der Waals surface area contributed by atoms with Crippen molar-refractivity contribution >= 4 is 52.0 Å². The molecule has 3 aromatic carbocycles. The van der Waals surface area contributed by atoms with Crippen LogP contribution >= 0.6 is 36.7 Å². The monoisotopic (exact) mass is 744 g/mol. The molecule has 0 aromatic heterocycles. The van der Waals surface area contributed by atoms with Crippen LogP contribution in [0.25, 0.3) is 0 Å². The molecule has 3 aromatic rings. The van der Waals surface area contributed by atoms with Gasteiger partial charge in [0.05, 0.1) is 0 Å². The normalized spacial score (nSPS) is 19.4. The zero-order chi connectivity index (χ0) is 36.3. The maximum atomic E-state index is 5.44. The highest BCUT2D eigenvalue weighted by molar-refractivity contribution is 7.80. The zero-order valence-corrected chi connectivity index (χ0v) is 33.5. The van der Waals surface area contributed by atoms with Crippen LogP contribution in [0.5, 0.6) is 0 Å². The Balaban J connectivity index is 0.000000172. The first-order valence-electron chi connectivity index (χ1n) is 19.2. The molecule has 3 heterocycles. The number of hydrogen-bond donors (Lipinski definition) is 3. The number of hydrogen-bond acceptors (Lipinski definition) is 3. The maximum Gasteiger partial charge on any atom is 0.168 e. The summed E-state index contributed by atoms with van der Waals surface area (Å²) >= 11 is 16.2. The van der Waals surface area contributed by atoms with E-state index in [9.17, 15) is 0 Å². The fourth-order valence-corrected chi connectivity index (χ4v) is 7.76. The molecule has 3 unspecified atom stereocenters. The number of rotatable bonds is 9. The van der Waals surface area contributed by atoms with Crippen molar-refractivity contribution in [2.75, 3.05) is 58.9 Å². The van der Waals surface area contributed by atoms with Crippen molar-refractivity contribution in [3.8, 4) is 0 Å². The van der Waals surface area contributed by atoms with E-state index in [-0.39, 0.29) is 0 Å². The van der Waals surface area contributed by atoms with Crippen LogP contribution < -0.4 is 16.0 Å². The summed E-state index contributed by atoms with van der Waals surface area (Å²) in [6.45, 7) is 15.7. The molecule has 6 rings (SSSR count). The quantitative estimate of drug-likeness (QED) is 0.149. The van der Waals surface area contributed by atoms with Crippen LogP contribution in [-0.4, -0.2) is 88.9 Å². The third kappa shape index (κ3) is 13.3. The molecule has 3 fully saturated rings. The van der Waals surface area contributed by atoms with Crippen molar-refractivity contribution in [3.05, 3.63) is 108 Å². The van der Waals surface area contributed by atoms with Crippen molar-refractivity contribution in [1.82, 2.24) is 30.7 Å². The lowest BCUT2D eigenvalue weighted by molar-refractivity contribution is 0.497. The molecule has 0 radical (unpaired) electrons. The summed E-state index contributed by atoms with van der Waals surface area (Å²) in [5.41, 5.74) is 4.31. The van der Waals surface area contributed by atoms with E-state index in [1.165, 1.54) is 48.8 Å². The molecule has 6 nitrogen and oxygen atoms in total. The summed E-state index contributed by atoms with van der Waals surface area (Å²) < 4.78 is 0. The van der Waals surface area contributed by atoms with Gasteiger partial charge in [-0.3, -0.25) is 0 Å². The third-order valence-corrected chi connectivity index (χ3v) is 11.1. The van der Waals surface area contributed by atoms with Crippen LogP contribution in [0.3, 0.4) is 0 Å². The lowest BCUT2D eigenvalue weighted by Gasteiger charge is -2.20. The van der Waals surface area contributed by atoms with Gasteiger partial charge in [0.1, 0.15) is 0 Å². The number of thiocarbonyl (C=S) groups is 3. The summed E-state index contributed by atoms with van der Waals surface area (Å²) in [4.78, 5) is 6.88. The highest BCUT2D eigenvalue weighted by atomic mass is 32.1. The maximum absolute atomic E-state index is 5.44. The highest BCUT2D eigenvalue weighted by Crippen LogP contribution is 2.28. The van der Waals surface area contributed by atoms with Gasteiger partial charge in [0, 0.05) is 76.7 Å². The number of unbranched alkanes of at least 4 members (excludes halogenated alkanes) is 1. The van der Waals surface area contributed by atoms with Crippen LogP contribution in [-0.2, 0) is 0 Å². The summed E-state index contributed by atoms with van der Waals surface area (Å²) in [5, 5.41) is 12.6. The molecule has 0 spiro atoms. The van der Waals surface area contributed by atoms with Gasteiger partial charge in [-0.2, -0.15) is 0 Å². The van der Waals surface area contributed by atoms with Crippen molar-refractivity contribution in [2.45, 2.75) is 77.0 Å². The summed E-state index contributed by atoms with van der Waals surface area (Å²) in [7, 11) is 0. The molecule has 0 bridgehead atoms. The zero-order valence-electron chi connectivity index (χ0n) is 31.1. The molecule has 3 saturated heterocycles. The Morgan fingerprint density at radius 2 is 0.863 bits per heavy atom. The van der Waals surface area contributed by atoms with Crippen LogP contribution in [0.15, 0.2) is 91.0 Å². The summed E-state index contributed by atoms with van der Waals surface area (Å²) in [6, 6.07) is 32.2. The molecular formula is C42H60N6S3. The van der Waals surface area contributed by atoms with Gasteiger partial charge in [-0.1, -0.05) is 111 Å². The third-order valence-electron chi connectivity index (χ3n) is 9.90. The fraction of sp³-hybridized carbons (Fsp3) is 0.500. The molecule has 0 aliphatic carbocycles. The van der Waals surface area contributed by atoms with Crippen molar-refractivity contribution in [1.29, 1.82) is 0 Å². The van der Waals surface area contributed by atoms with Crippen LogP contribution in [0, 0.1) is 0 Å². The molecular weight excluding hydrogens is 685 g/mol. The van der Waals surface area contributed by atoms with Crippen molar-refractivity contribution in [2.24, 2.45) is 0 Å². The average Bonchev–Trinajstić information content (AvgIpc) is 3.98. The molecule has 0 saturated carbocycles. The van der Waals surface area contributed by atoms with E-state index in [2.05, 4.69) is 142 Å². The molecule has 51 heavy (non-hydrogen) atoms. The Morgan fingerprint density at radius 1 is 0.510 bits per heavy atom. The van der Waals surface area contributed by atoms with E-state index in [1.807, 2.05) is 0 Å². The SMILES string of the molecule is CCCCNC(=S)N1CCC(c2ccccc2)C1.CCCNC(=S)N1CCC(c2ccccc2)C1.CCNC(=S)N1CCC(c2ccccc2)C1. The highest BCUT2D eigenvalue weighted by Gasteiger charge is 2.27. The van der Waals surface area contributed by atoms with Gasteiger partial charge in [-0.15, -0.1) is 0 Å². The van der Waals surface area contributed by atoms with E-state index < -0.39 is 0 Å². The summed E-state index contributed by atoms with van der Waals surface area (Å²) in [6.07, 6.45) is 7.14. The number of nitrogens with one attached hydrogen (secondary N) is 3. The van der Waals surface area contributed by atoms with Gasteiger partial charge in [0.25, 0.3) is 0 Å². The minimum absolute atomic E-state index is 0.636. The van der Waals surface area contributed by atoms with Gasteiger partial charge >= 0.3 is 0 Å². The van der Waals surface area contributed by atoms with E-state index in [4.69, 9.17) is 36.7 Å². The molecule has 3 N–H and O–H groups in total. The van der Waals surface area contributed by atoms with E-state index >= 15 is 0 Å². The predicted octanol–water partition coefficient (Wildman–Crippen LogP) is 8.28. The van der Waals surface area contributed by atoms with Gasteiger partial charge in [-0.05, 0) is 92.4 Å². The number of likely N-dealkylation sites (tertiary alicyclic amines) is 3. The molecule has 3 aliphatic rings. The Morgan fingerprint density at radius 3 is 1.20 bits per heavy atom. The standard InChI is InChI=1S/C15H22N2S.C14H20N2S.C13H18N2S/c1-2-3-10-16-15(18)17-11-9-14(12-17)13-7-5-4-6-8-13;1-2-9-15-14(17)16-10-8-13(11-16)12-6-4-3-5-7-12;1-2-14-13(16)15-9-8-12(10-15)11-6-4-3-5-7-11/h4-8,14H,2-3,9-12H2,1H3,(H,16,18);3-7,13H,2,8-11H2,1H3,(H,15,17);3-7,12H,2,8-10H2,1H3,(H,14,16). The fourth-order valence-electron chi connectivity index (χ4n) is 6.92. The lowest BCUT2D eigenvalue weighted by atomic mass is 9.99. The molecule has 9 heteroatoms. The average molecular weight is 745 g/mol. The van der Waals surface area contributed by atoms with Crippen LogP contribution in [0.1, 0.15) is 93.7 Å². The van der Waals surface area contributed by atoms with Crippen molar-refractivity contribution in [3.63, 3.8) is 0 Å². The van der Waals surface area contributed by atoms with E-state index in [0.29, 0.717) is 17.8 Å². The Kier molecular flexibility index (Phi) is 18.0. The van der Waals surface area contributed by atoms with Gasteiger partial charge < -0.3 is 30.7 Å². The Hall–Kier alpha value is -3.27. The first-order valence-corrected chi connectivity index (χ1v) is 20.4.